The van der Waals surface area contributed by atoms with Gasteiger partial charge < -0.3 is 19.5 Å². The number of H-pyrrole nitrogens is 1. The van der Waals surface area contributed by atoms with Crippen LogP contribution in [0.4, 0.5) is 0 Å². The molecular formula is C23H29N3O. The lowest BCUT2D eigenvalue weighted by Gasteiger charge is -2.32. The van der Waals surface area contributed by atoms with Gasteiger partial charge in [0.25, 0.3) is 0 Å². The Hall–Kier alpha value is -2.30. The molecule has 1 saturated heterocycles. The van der Waals surface area contributed by atoms with Crippen LogP contribution in [0.3, 0.4) is 0 Å². The summed E-state index contributed by atoms with van der Waals surface area (Å²) in [7, 11) is 2.21. The fourth-order valence-corrected chi connectivity index (χ4v) is 3.76. The zero-order valence-corrected chi connectivity index (χ0v) is 16.2. The molecule has 0 atom stereocenters. The summed E-state index contributed by atoms with van der Waals surface area (Å²) in [5.74, 6) is 0.936. The Bertz CT molecular complexity index is 850. The second-order valence-electron chi connectivity index (χ2n) is 7.54. The van der Waals surface area contributed by atoms with Crippen LogP contribution in [0.15, 0.2) is 54.7 Å². The van der Waals surface area contributed by atoms with Gasteiger partial charge in [0.2, 0.25) is 0 Å². The van der Waals surface area contributed by atoms with Crippen LogP contribution in [0.5, 0.6) is 5.75 Å². The van der Waals surface area contributed by atoms with Crippen molar-refractivity contribution in [1.82, 2.24) is 14.8 Å². The van der Waals surface area contributed by atoms with Gasteiger partial charge in [0.15, 0.2) is 0 Å². The molecule has 0 unspecified atom stereocenters. The maximum Gasteiger partial charge on any atom is 0.120 e. The second-order valence-corrected chi connectivity index (χ2v) is 7.54. The first-order valence-electron chi connectivity index (χ1n) is 9.95. The maximum atomic E-state index is 6.01. The largest absolute Gasteiger partial charge is 0.489 e. The van der Waals surface area contributed by atoms with Crippen molar-refractivity contribution in [3.05, 3.63) is 65.9 Å². The third-order valence-electron chi connectivity index (χ3n) is 5.50. The van der Waals surface area contributed by atoms with E-state index in [0.717, 1.165) is 12.2 Å². The summed E-state index contributed by atoms with van der Waals surface area (Å²) in [5.41, 5.74) is 3.78. The standard InChI is InChI=1S/C23H29N3O/c1-25-12-14-26(15-13-25)11-5-8-20-17-24-23-10-9-21(16-22(20)23)27-18-19-6-3-2-4-7-19/h2-4,6-7,9-10,16-17,24H,5,8,11-15,18H2,1H3. The van der Waals surface area contributed by atoms with Gasteiger partial charge in [-0.25, -0.2) is 0 Å². The minimum Gasteiger partial charge on any atom is -0.489 e. The van der Waals surface area contributed by atoms with E-state index in [4.69, 9.17) is 4.74 Å². The van der Waals surface area contributed by atoms with Crippen molar-refractivity contribution < 1.29 is 4.74 Å². The van der Waals surface area contributed by atoms with E-state index in [0.29, 0.717) is 6.61 Å². The zero-order chi connectivity index (χ0) is 18.5. The minimum atomic E-state index is 0.607. The molecule has 4 rings (SSSR count). The molecule has 4 nitrogen and oxygen atoms in total. The first-order valence-corrected chi connectivity index (χ1v) is 9.95. The number of benzene rings is 2. The molecule has 1 fully saturated rings. The van der Waals surface area contributed by atoms with Crippen LogP contribution < -0.4 is 4.74 Å². The van der Waals surface area contributed by atoms with Gasteiger partial charge in [-0.15, -0.1) is 0 Å². The van der Waals surface area contributed by atoms with Crippen molar-refractivity contribution >= 4 is 10.9 Å². The molecule has 0 radical (unpaired) electrons. The summed E-state index contributed by atoms with van der Waals surface area (Å²) in [6.45, 7) is 6.56. The Labute approximate surface area is 161 Å². The number of ether oxygens (including phenoxy) is 1. The van der Waals surface area contributed by atoms with Crippen molar-refractivity contribution in [2.45, 2.75) is 19.4 Å². The van der Waals surface area contributed by atoms with E-state index in [-0.39, 0.29) is 0 Å². The first kappa shape index (κ1) is 18.1. The summed E-state index contributed by atoms with van der Waals surface area (Å²) in [4.78, 5) is 8.40. The first-order chi connectivity index (χ1) is 13.3. The van der Waals surface area contributed by atoms with Gasteiger partial charge in [0.1, 0.15) is 12.4 Å². The number of aryl methyl sites for hydroxylation is 1. The van der Waals surface area contributed by atoms with Gasteiger partial charge in [-0.05, 0) is 55.8 Å². The zero-order valence-electron chi connectivity index (χ0n) is 16.2. The highest BCUT2D eigenvalue weighted by Gasteiger charge is 2.13. The highest BCUT2D eigenvalue weighted by atomic mass is 16.5. The molecule has 27 heavy (non-hydrogen) atoms. The molecule has 1 aromatic heterocycles. The van der Waals surface area contributed by atoms with E-state index >= 15 is 0 Å². The van der Waals surface area contributed by atoms with E-state index in [9.17, 15) is 0 Å². The van der Waals surface area contributed by atoms with Crippen LogP contribution in [0.1, 0.15) is 17.5 Å². The number of rotatable bonds is 7. The lowest BCUT2D eigenvalue weighted by Crippen LogP contribution is -2.44. The Balaban J connectivity index is 1.35. The van der Waals surface area contributed by atoms with Crippen LogP contribution in [0, 0.1) is 0 Å². The lowest BCUT2D eigenvalue weighted by atomic mass is 10.1. The summed E-state index contributed by atoms with van der Waals surface area (Å²) >= 11 is 0. The van der Waals surface area contributed by atoms with E-state index in [1.165, 1.54) is 61.2 Å². The van der Waals surface area contributed by atoms with Crippen LogP contribution in [-0.2, 0) is 13.0 Å². The molecule has 1 aliphatic rings. The molecule has 0 saturated carbocycles. The Kier molecular flexibility index (Phi) is 5.75. The van der Waals surface area contributed by atoms with E-state index < -0.39 is 0 Å². The van der Waals surface area contributed by atoms with Gasteiger partial charge >= 0.3 is 0 Å². The molecule has 0 spiro atoms. The normalized spacial score (nSPS) is 16.0. The van der Waals surface area contributed by atoms with Gasteiger partial charge in [-0.1, -0.05) is 30.3 Å². The van der Waals surface area contributed by atoms with E-state index in [1.807, 2.05) is 18.2 Å². The fourth-order valence-electron chi connectivity index (χ4n) is 3.76. The molecule has 142 valence electrons. The molecule has 4 heteroatoms. The third kappa shape index (κ3) is 4.71. The predicted octanol–water partition coefficient (Wildman–Crippen LogP) is 3.93. The van der Waals surface area contributed by atoms with Crippen LogP contribution in [0.2, 0.25) is 0 Å². The van der Waals surface area contributed by atoms with Crippen molar-refractivity contribution in [2.75, 3.05) is 39.8 Å². The number of nitrogens with one attached hydrogen (secondary N) is 1. The molecule has 1 aliphatic heterocycles. The van der Waals surface area contributed by atoms with Gasteiger partial charge in [-0.2, -0.15) is 0 Å². The lowest BCUT2D eigenvalue weighted by molar-refractivity contribution is 0.153. The Morgan fingerprint density at radius 1 is 1.00 bits per heavy atom. The summed E-state index contributed by atoms with van der Waals surface area (Å²) in [6, 6.07) is 16.7. The van der Waals surface area contributed by atoms with Crippen LogP contribution in [0.25, 0.3) is 10.9 Å². The second kappa shape index (κ2) is 8.59. The monoisotopic (exact) mass is 363 g/mol. The molecule has 2 aromatic carbocycles. The third-order valence-corrected chi connectivity index (χ3v) is 5.50. The molecule has 0 amide bonds. The topological polar surface area (TPSA) is 31.5 Å². The summed E-state index contributed by atoms with van der Waals surface area (Å²) in [6.07, 6.45) is 4.47. The van der Waals surface area contributed by atoms with Crippen molar-refractivity contribution in [1.29, 1.82) is 0 Å². The maximum absolute atomic E-state index is 6.01. The summed E-state index contributed by atoms with van der Waals surface area (Å²) < 4.78 is 6.01. The predicted molar refractivity (Wildman–Crippen MR) is 111 cm³/mol. The van der Waals surface area contributed by atoms with E-state index in [1.54, 1.807) is 0 Å². The number of likely N-dealkylation sites (N-methyl/N-ethyl adjacent to an activating group) is 1. The molecule has 0 aliphatic carbocycles. The molecule has 1 N–H and O–H groups in total. The number of fused-ring (bicyclic) bond motifs is 1. The van der Waals surface area contributed by atoms with Gasteiger partial charge in [0, 0.05) is 43.3 Å². The number of aromatic nitrogens is 1. The Morgan fingerprint density at radius 3 is 2.63 bits per heavy atom. The SMILES string of the molecule is CN1CCN(CCCc2c[nH]c3ccc(OCc4ccccc4)cc23)CC1. The molecule has 2 heterocycles. The molecule has 3 aromatic rings. The number of hydrogen-bond donors (Lipinski definition) is 1. The number of nitrogens with zero attached hydrogens (tertiary/aromatic N) is 2. The number of aromatic amines is 1. The van der Waals surface area contributed by atoms with Gasteiger partial charge in [-0.3, -0.25) is 0 Å². The average Bonchev–Trinajstić information content (AvgIpc) is 3.11. The van der Waals surface area contributed by atoms with Crippen molar-refractivity contribution in [3.8, 4) is 5.75 Å². The average molecular weight is 364 g/mol. The highest BCUT2D eigenvalue weighted by molar-refractivity contribution is 5.84. The minimum absolute atomic E-state index is 0.607. The smallest absolute Gasteiger partial charge is 0.120 e. The highest BCUT2D eigenvalue weighted by Crippen LogP contribution is 2.25. The van der Waals surface area contributed by atoms with Crippen LogP contribution >= 0.6 is 0 Å². The molecule has 0 bridgehead atoms. The molecular weight excluding hydrogens is 334 g/mol. The summed E-state index contributed by atoms with van der Waals surface area (Å²) in [5, 5.41) is 1.29. The Morgan fingerprint density at radius 2 is 1.81 bits per heavy atom. The number of hydrogen-bond acceptors (Lipinski definition) is 3. The van der Waals surface area contributed by atoms with E-state index in [2.05, 4.69) is 58.4 Å². The van der Waals surface area contributed by atoms with Crippen molar-refractivity contribution in [3.63, 3.8) is 0 Å². The van der Waals surface area contributed by atoms with Crippen LogP contribution in [-0.4, -0.2) is 54.6 Å². The fraction of sp³-hybridized carbons (Fsp3) is 0.391. The van der Waals surface area contributed by atoms with Gasteiger partial charge in [0.05, 0.1) is 0 Å². The number of piperazine rings is 1. The van der Waals surface area contributed by atoms with Crippen molar-refractivity contribution in [2.24, 2.45) is 0 Å². The quantitative estimate of drug-likeness (QED) is 0.690.